The average molecular weight is 564 g/mol. The lowest BCUT2D eigenvalue weighted by atomic mass is 9.98. The number of benzene rings is 3. The molecular formula is C31H34FN3O6. The van der Waals surface area contributed by atoms with E-state index >= 15 is 0 Å². The third-order valence-electron chi connectivity index (χ3n) is 7.30. The maximum absolute atomic E-state index is 15.0. The summed E-state index contributed by atoms with van der Waals surface area (Å²) in [7, 11) is 1.54. The van der Waals surface area contributed by atoms with Crippen LogP contribution in [-0.4, -0.2) is 70.8 Å². The molecule has 0 aliphatic carbocycles. The van der Waals surface area contributed by atoms with Crippen LogP contribution in [0.2, 0.25) is 0 Å². The zero-order chi connectivity index (χ0) is 29.5. The van der Waals surface area contributed by atoms with Crippen molar-refractivity contribution in [3.63, 3.8) is 0 Å². The van der Waals surface area contributed by atoms with Crippen molar-refractivity contribution in [3.05, 3.63) is 95.1 Å². The van der Waals surface area contributed by atoms with Gasteiger partial charge < -0.3 is 30.5 Å². The number of aromatic hydroxyl groups is 1. The fourth-order valence-electron chi connectivity index (χ4n) is 4.91. The number of nitrogens with one attached hydrogen (secondary N) is 2. The van der Waals surface area contributed by atoms with Gasteiger partial charge in [0.25, 0.3) is 11.8 Å². The molecule has 4 atom stereocenters. The first-order valence-corrected chi connectivity index (χ1v) is 13.4. The molecule has 3 aromatic carbocycles. The van der Waals surface area contributed by atoms with E-state index in [-0.39, 0.29) is 37.2 Å². The van der Waals surface area contributed by atoms with E-state index in [2.05, 4.69) is 10.6 Å². The summed E-state index contributed by atoms with van der Waals surface area (Å²) in [6, 6.07) is 18.0. The molecule has 9 nitrogen and oxygen atoms in total. The molecular weight excluding hydrogens is 529 g/mol. The Morgan fingerprint density at radius 1 is 1.02 bits per heavy atom. The highest BCUT2D eigenvalue weighted by molar-refractivity contribution is 5.97. The number of phenolic OH excluding ortho intramolecular Hbond substituents is 1. The molecule has 1 heterocycles. The number of amides is 3. The number of ether oxygens (including phenoxy) is 1. The van der Waals surface area contributed by atoms with Gasteiger partial charge in [-0.3, -0.25) is 14.4 Å². The lowest BCUT2D eigenvalue weighted by Crippen LogP contribution is -2.57. The summed E-state index contributed by atoms with van der Waals surface area (Å²) in [4.78, 5) is 40.8. The van der Waals surface area contributed by atoms with Crippen LogP contribution >= 0.6 is 0 Å². The minimum atomic E-state index is -1.76. The highest BCUT2D eigenvalue weighted by Crippen LogP contribution is 2.24. The summed E-state index contributed by atoms with van der Waals surface area (Å²) in [5, 5.41) is 26.7. The molecule has 4 rings (SSSR count). The SMILES string of the molecule is COc1ccc(CNC(=O)C2[C@H](F)CCN2C(=O)[C@@H](O)[C@H](Cc2ccccc2)NC(=O)c2cccc(O)c2C)cc1. The summed E-state index contributed by atoms with van der Waals surface area (Å²) in [5.41, 5.74) is 2.04. The third kappa shape index (κ3) is 7.01. The van der Waals surface area contributed by atoms with E-state index in [1.165, 1.54) is 18.2 Å². The largest absolute Gasteiger partial charge is 0.508 e. The zero-order valence-corrected chi connectivity index (χ0v) is 22.9. The van der Waals surface area contributed by atoms with Gasteiger partial charge in [-0.1, -0.05) is 48.5 Å². The van der Waals surface area contributed by atoms with Crippen molar-refractivity contribution >= 4 is 17.7 Å². The van der Waals surface area contributed by atoms with Crippen molar-refractivity contribution in [3.8, 4) is 11.5 Å². The molecule has 216 valence electrons. The van der Waals surface area contributed by atoms with Gasteiger partial charge in [0.1, 0.15) is 23.7 Å². The van der Waals surface area contributed by atoms with Crippen LogP contribution in [0.25, 0.3) is 0 Å². The Morgan fingerprint density at radius 2 is 1.73 bits per heavy atom. The second-order valence-electron chi connectivity index (χ2n) is 10.0. The number of carbonyl (C=O) groups is 3. The van der Waals surface area contributed by atoms with E-state index in [0.717, 1.165) is 16.0 Å². The summed E-state index contributed by atoms with van der Waals surface area (Å²) >= 11 is 0. The smallest absolute Gasteiger partial charge is 0.254 e. The zero-order valence-electron chi connectivity index (χ0n) is 22.9. The van der Waals surface area contributed by atoms with Crippen LogP contribution in [0.3, 0.4) is 0 Å². The minimum absolute atomic E-state index is 0.0583. The Kier molecular flexibility index (Phi) is 9.57. The molecule has 0 aromatic heterocycles. The first-order chi connectivity index (χ1) is 19.7. The minimum Gasteiger partial charge on any atom is -0.508 e. The molecule has 0 bridgehead atoms. The lowest BCUT2D eigenvalue weighted by molar-refractivity contribution is -0.147. The number of carbonyl (C=O) groups excluding carboxylic acids is 3. The van der Waals surface area contributed by atoms with Crippen LogP contribution in [0, 0.1) is 6.92 Å². The number of halogens is 1. The number of likely N-dealkylation sites (tertiary alicyclic amines) is 1. The normalized spacial score (nSPS) is 17.9. The molecule has 1 aliphatic rings. The summed E-state index contributed by atoms with van der Waals surface area (Å²) < 4.78 is 20.1. The van der Waals surface area contributed by atoms with Gasteiger partial charge in [0.2, 0.25) is 5.91 Å². The Labute approximate surface area is 237 Å². The van der Waals surface area contributed by atoms with Crippen molar-refractivity contribution in [2.24, 2.45) is 0 Å². The molecule has 4 N–H and O–H groups in total. The molecule has 0 spiro atoms. The predicted molar refractivity (Wildman–Crippen MR) is 150 cm³/mol. The highest BCUT2D eigenvalue weighted by atomic mass is 19.1. The van der Waals surface area contributed by atoms with E-state index in [4.69, 9.17) is 4.74 Å². The number of alkyl halides is 1. The van der Waals surface area contributed by atoms with E-state index < -0.39 is 42.1 Å². The van der Waals surface area contributed by atoms with Crippen molar-refractivity contribution in [2.75, 3.05) is 13.7 Å². The first kappa shape index (κ1) is 29.5. The van der Waals surface area contributed by atoms with Crippen LogP contribution in [-0.2, 0) is 22.6 Å². The topological polar surface area (TPSA) is 128 Å². The number of methoxy groups -OCH3 is 1. The Bertz CT molecular complexity index is 1370. The third-order valence-corrected chi connectivity index (χ3v) is 7.30. The maximum atomic E-state index is 15.0. The molecule has 0 radical (unpaired) electrons. The van der Waals surface area contributed by atoms with E-state index in [9.17, 15) is 29.0 Å². The van der Waals surface area contributed by atoms with Crippen LogP contribution in [0.5, 0.6) is 11.5 Å². The quantitative estimate of drug-likeness (QED) is 0.300. The van der Waals surface area contributed by atoms with Crippen LogP contribution in [0.15, 0.2) is 72.8 Å². The molecule has 0 saturated carbocycles. The lowest BCUT2D eigenvalue weighted by Gasteiger charge is -2.30. The van der Waals surface area contributed by atoms with Gasteiger partial charge in [0, 0.05) is 24.2 Å². The summed E-state index contributed by atoms with van der Waals surface area (Å²) in [6.07, 6.45) is -3.34. The predicted octanol–water partition coefficient (Wildman–Crippen LogP) is 2.67. The number of hydrogen-bond acceptors (Lipinski definition) is 6. The Balaban J connectivity index is 1.51. The molecule has 3 aromatic rings. The van der Waals surface area contributed by atoms with Gasteiger partial charge in [-0.25, -0.2) is 4.39 Å². The number of phenols is 1. The monoisotopic (exact) mass is 563 g/mol. The maximum Gasteiger partial charge on any atom is 0.254 e. The van der Waals surface area contributed by atoms with Gasteiger partial charge in [-0.15, -0.1) is 0 Å². The molecule has 1 aliphatic heterocycles. The van der Waals surface area contributed by atoms with Gasteiger partial charge in [0.15, 0.2) is 6.10 Å². The van der Waals surface area contributed by atoms with Crippen molar-refractivity contribution in [1.82, 2.24) is 15.5 Å². The van der Waals surface area contributed by atoms with Gasteiger partial charge in [-0.2, -0.15) is 0 Å². The Morgan fingerprint density at radius 3 is 2.41 bits per heavy atom. The van der Waals surface area contributed by atoms with Gasteiger partial charge in [-0.05, 0) is 55.2 Å². The fraction of sp³-hybridized carbons (Fsp3) is 0.323. The van der Waals surface area contributed by atoms with Crippen molar-refractivity contribution in [2.45, 2.75) is 50.7 Å². The molecule has 1 fully saturated rings. The second kappa shape index (κ2) is 13.3. The average Bonchev–Trinajstić information content (AvgIpc) is 3.38. The molecule has 10 heteroatoms. The van der Waals surface area contributed by atoms with E-state index in [1.54, 1.807) is 62.6 Å². The van der Waals surface area contributed by atoms with Crippen molar-refractivity contribution in [1.29, 1.82) is 0 Å². The molecule has 41 heavy (non-hydrogen) atoms. The fourth-order valence-corrected chi connectivity index (χ4v) is 4.91. The summed E-state index contributed by atoms with van der Waals surface area (Å²) in [6.45, 7) is 1.64. The van der Waals surface area contributed by atoms with Crippen LogP contribution in [0.1, 0.15) is 33.5 Å². The molecule has 1 saturated heterocycles. The number of rotatable bonds is 10. The van der Waals surface area contributed by atoms with Gasteiger partial charge in [0.05, 0.1) is 13.2 Å². The van der Waals surface area contributed by atoms with E-state index in [0.29, 0.717) is 11.3 Å². The first-order valence-electron chi connectivity index (χ1n) is 13.4. The molecule has 3 amide bonds. The van der Waals surface area contributed by atoms with Crippen LogP contribution < -0.4 is 15.4 Å². The summed E-state index contributed by atoms with van der Waals surface area (Å²) in [5.74, 6) is -1.54. The second-order valence-corrected chi connectivity index (χ2v) is 10.0. The van der Waals surface area contributed by atoms with Gasteiger partial charge >= 0.3 is 0 Å². The molecule has 1 unspecified atom stereocenters. The number of nitrogens with zero attached hydrogens (tertiary/aromatic N) is 1. The Hall–Kier alpha value is -4.44. The number of aliphatic hydroxyl groups excluding tert-OH is 1. The van der Waals surface area contributed by atoms with Crippen molar-refractivity contribution < 1.29 is 33.7 Å². The number of hydrogen-bond donors (Lipinski definition) is 4. The van der Waals surface area contributed by atoms with E-state index in [1.807, 2.05) is 6.07 Å². The highest BCUT2D eigenvalue weighted by Gasteiger charge is 2.45. The number of aliphatic hydroxyl groups is 1. The standard InChI is InChI=1S/C31H34FN3O6/c1-19-23(9-6-10-26(19)36)29(38)34-25(17-20-7-4-3-5-8-20)28(37)31(40)35-16-15-24(32)27(35)30(39)33-18-21-11-13-22(41-2)14-12-21/h3-14,24-25,27-28,36-37H,15-18H2,1-2H3,(H,33,39)(H,34,38)/t24-,25+,27?,28+/m1/s1. The van der Waals surface area contributed by atoms with Crippen LogP contribution in [0.4, 0.5) is 4.39 Å².